The van der Waals surface area contributed by atoms with Crippen molar-refractivity contribution < 1.29 is 4.42 Å². The molecule has 0 saturated carbocycles. The van der Waals surface area contributed by atoms with Crippen LogP contribution >= 0.6 is 0 Å². The molecule has 3 aromatic rings. The molecule has 1 N–H and O–H groups in total. The van der Waals surface area contributed by atoms with Crippen molar-refractivity contribution >= 4 is 10.9 Å². The van der Waals surface area contributed by atoms with Gasteiger partial charge in [0.05, 0.1) is 12.1 Å². The molecule has 0 radical (unpaired) electrons. The van der Waals surface area contributed by atoms with Gasteiger partial charge >= 0.3 is 0 Å². The van der Waals surface area contributed by atoms with E-state index in [1.807, 2.05) is 44.2 Å². The highest BCUT2D eigenvalue weighted by molar-refractivity contribution is 5.92. The molecule has 0 fully saturated rings. The van der Waals surface area contributed by atoms with Crippen LogP contribution in [0.25, 0.3) is 22.4 Å². The first-order valence-electron chi connectivity index (χ1n) is 6.68. The number of aryl methyl sites for hydroxylation is 1. The van der Waals surface area contributed by atoms with Crippen molar-refractivity contribution in [2.24, 2.45) is 0 Å². The third kappa shape index (κ3) is 2.40. The second-order valence-electron chi connectivity index (χ2n) is 4.61. The molecule has 0 unspecified atom stereocenters. The first-order chi connectivity index (χ1) is 9.78. The predicted octanol–water partition coefficient (Wildman–Crippen LogP) is 2.70. The molecule has 3 rings (SSSR count). The molecule has 0 atom stereocenters. The van der Waals surface area contributed by atoms with E-state index in [-0.39, 0.29) is 0 Å². The quantitative estimate of drug-likeness (QED) is 0.788. The van der Waals surface area contributed by atoms with E-state index in [9.17, 15) is 0 Å². The lowest BCUT2D eigenvalue weighted by Crippen LogP contribution is -2.11. The van der Waals surface area contributed by atoms with Gasteiger partial charge < -0.3 is 9.73 Å². The Morgan fingerprint density at radius 3 is 2.90 bits per heavy atom. The average molecular weight is 268 g/mol. The maximum absolute atomic E-state index is 5.72. The number of hydrogen-bond donors (Lipinski definition) is 1. The summed E-state index contributed by atoms with van der Waals surface area (Å²) in [4.78, 5) is 4.52. The zero-order chi connectivity index (χ0) is 13.9. The predicted molar refractivity (Wildman–Crippen MR) is 77.2 cm³/mol. The van der Waals surface area contributed by atoms with Gasteiger partial charge in [-0.05, 0) is 25.6 Å². The fraction of sp³-hybridized carbons (Fsp3) is 0.267. The van der Waals surface area contributed by atoms with Crippen LogP contribution in [0.2, 0.25) is 0 Å². The summed E-state index contributed by atoms with van der Waals surface area (Å²) < 4.78 is 5.72. The van der Waals surface area contributed by atoms with E-state index >= 15 is 0 Å². The Morgan fingerprint density at radius 1 is 1.20 bits per heavy atom. The van der Waals surface area contributed by atoms with Crippen molar-refractivity contribution in [1.29, 1.82) is 0 Å². The van der Waals surface area contributed by atoms with E-state index in [1.165, 1.54) is 0 Å². The topological polar surface area (TPSA) is 63.8 Å². The van der Waals surface area contributed by atoms with Gasteiger partial charge in [-0.2, -0.15) is 0 Å². The maximum Gasteiger partial charge on any atom is 0.248 e. The molecule has 0 amide bonds. The van der Waals surface area contributed by atoms with Crippen LogP contribution in [-0.2, 0) is 6.54 Å². The van der Waals surface area contributed by atoms with Gasteiger partial charge in [0.25, 0.3) is 0 Å². The summed E-state index contributed by atoms with van der Waals surface area (Å²) >= 11 is 0. The number of fused-ring (bicyclic) bond motifs is 1. The normalized spacial score (nSPS) is 11.1. The van der Waals surface area contributed by atoms with Crippen LogP contribution in [0.3, 0.4) is 0 Å². The smallest absolute Gasteiger partial charge is 0.248 e. The van der Waals surface area contributed by atoms with Gasteiger partial charge in [-0.15, -0.1) is 10.2 Å². The van der Waals surface area contributed by atoms with E-state index in [1.54, 1.807) is 0 Å². The highest BCUT2D eigenvalue weighted by atomic mass is 16.4. The Balaban J connectivity index is 2.07. The number of nitrogens with one attached hydrogen (secondary N) is 1. The van der Waals surface area contributed by atoms with Crippen LogP contribution in [-0.4, -0.2) is 21.7 Å². The SMILES string of the molecule is CCNCc1nnc(-c2cc(C)nc3ccccc23)o1. The summed E-state index contributed by atoms with van der Waals surface area (Å²) in [5.41, 5.74) is 2.81. The van der Waals surface area contributed by atoms with Crippen LogP contribution in [0.5, 0.6) is 0 Å². The van der Waals surface area contributed by atoms with Crippen molar-refractivity contribution in [2.45, 2.75) is 20.4 Å². The van der Waals surface area contributed by atoms with Crippen LogP contribution in [0.15, 0.2) is 34.7 Å². The molecule has 0 saturated heterocycles. The van der Waals surface area contributed by atoms with Crippen molar-refractivity contribution in [3.05, 3.63) is 41.9 Å². The number of benzene rings is 1. The molecule has 20 heavy (non-hydrogen) atoms. The van der Waals surface area contributed by atoms with E-state index < -0.39 is 0 Å². The van der Waals surface area contributed by atoms with Crippen LogP contribution in [0, 0.1) is 6.92 Å². The van der Waals surface area contributed by atoms with E-state index in [0.717, 1.165) is 28.7 Å². The molecular formula is C15H16N4O. The maximum atomic E-state index is 5.72. The molecule has 0 aliphatic rings. The summed E-state index contributed by atoms with van der Waals surface area (Å²) in [7, 11) is 0. The average Bonchev–Trinajstić information content (AvgIpc) is 2.93. The number of hydrogen-bond acceptors (Lipinski definition) is 5. The van der Waals surface area contributed by atoms with Crippen LogP contribution < -0.4 is 5.32 Å². The monoisotopic (exact) mass is 268 g/mol. The molecule has 0 aliphatic carbocycles. The highest BCUT2D eigenvalue weighted by Gasteiger charge is 2.12. The van der Waals surface area contributed by atoms with Crippen molar-refractivity contribution in [1.82, 2.24) is 20.5 Å². The van der Waals surface area contributed by atoms with Gasteiger partial charge in [-0.1, -0.05) is 25.1 Å². The Morgan fingerprint density at radius 2 is 2.05 bits per heavy atom. The lowest BCUT2D eigenvalue weighted by molar-refractivity contribution is 0.482. The Labute approximate surface area is 117 Å². The lowest BCUT2D eigenvalue weighted by atomic mass is 10.1. The van der Waals surface area contributed by atoms with Crippen molar-refractivity contribution in [2.75, 3.05) is 6.54 Å². The number of rotatable bonds is 4. The van der Waals surface area contributed by atoms with Crippen molar-refractivity contribution in [3.8, 4) is 11.5 Å². The summed E-state index contributed by atoms with van der Waals surface area (Å²) in [5.74, 6) is 1.14. The fourth-order valence-corrected chi connectivity index (χ4v) is 2.15. The number of nitrogens with zero attached hydrogens (tertiary/aromatic N) is 3. The van der Waals surface area contributed by atoms with Gasteiger partial charge in [0, 0.05) is 16.6 Å². The Kier molecular flexibility index (Phi) is 3.43. The van der Waals surface area contributed by atoms with Gasteiger partial charge in [0.1, 0.15) is 0 Å². The minimum absolute atomic E-state index is 0.541. The van der Waals surface area contributed by atoms with Gasteiger partial charge in [-0.25, -0.2) is 0 Å². The highest BCUT2D eigenvalue weighted by Crippen LogP contribution is 2.27. The number of pyridine rings is 1. The molecule has 2 aromatic heterocycles. The molecular weight excluding hydrogens is 252 g/mol. The lowest BCUT2D eigenvalue weighted by Gasteiger charge is -2.03. The van der Waals surface area contributed by atoms with Crippen molar-refractivity contribution in [3.63, 3.8) is 0 Å². The number of para-hydroxylation sites is 1. The fourth-order valence-electron chi connectivity index (χ4n) is 2.15. The first kappa shape index (κ1) is 12.7. The standard InChI is InChI=1S/C15H16N4O/c1-3-16-9-14-18-19-15(20-14)12-8-10(2)17-13-7-5-4-6-11(12)13/h4-8,16H,3,9H2,1-2H3. The second kappa shape index (κ2) is 5.38. The molecule has 2 heterocycles. The second-order valence-corrected chi connectivity index (χ2v) is 4.61. The molecule has 0 aliphatic heterocycles. The third-order valence-electron chi connectivity index (χ3n) is 3.07. The molecule has 0 spiro atoms. The molecule has 5 heteroatoms. The first-order valence-corrected chi connectivity index (χ1v) is 6.68. The van der Waals surface area contributed by atoms with E-state index in [0.29, 0.717) is 18.3 Å². The van der Waals surface area contributed by atoms with E-state index in [2.05, 4.69) is 20.5 Å². The van der Waals surface area contributed by atoms with Gasteiger partial charge in [0.15, 0.2) is 0 Å². The van der Waals surface area contributed by atoms with Crippen LogP contribution in [0.1, 0.15) is 18.5 Å². The minimum Gasteiger partial charge on any atom is -0.419 e. The number of aromatic nitrogens is 3. The Hall–Kier alpha value is -2.27. The molecule has 1 aromatic carbocycles. The Bertz CT molecular complexity index is 736. The molecule has 0 bridgehead atoms. The van der Waals surface area contributed by atoms with Gasteiger partial charge in [0.2, 0.25) is 11.8 Å². The minimum atomic E-state index is 0.541. The summed E-state index contributed by atoms with van der Waals surface area (Å²) in [6.07, 6.45) is 0. The van der Waals surface area contributed by atoms with E-state index in [4.69, 9.17) is 4.42 Å². The summed E-state index contributed by atoms with van der Waals surface area (Å²) in [5, 5.41) is 12.4. The molecule has 5 nitrogen and oxygen atoms in total. The summed E-state index contributed by atoms with van der Waals surface area (Å²) in [6, 6.07) is 9.95. The zero-order valence-electron chi connectivity index (χ0n) is 11.6. The summed E-state index contributed by atoms with van der Waals surface area (Å²) in [6.45, 7) is 5.46. The van der Waals surface area contributed by atoms with Crippen LogP contribution in [0.4, 0.5) is 0 Å². The largest absolute Gasteiger partial charge is 0.419 e. The zero-order valence-corrected chi connectivity index (χ0v) is 11.6. The van der Waals surface area contributed by atoms with Gasteiger partial charge in [-0.3, -0.25) is 4.98 Å². The third-order valence-corrected chi connectivity index (χ3v) is 3.07. The molecule has 102 valence electrons.